The molecule has 1 N–H and O–H groups in total. The third-order valence-electron chi connectivity index (χ3n) is 2.37. The number of hydrogen-bond acceptors (Lipinski definition) is 2. The molecule has 0 saturated heterocycles. The summed E-state index contributed by atoms with van der Waals surface area (Å²) in [4.78, 5) is 0. The molecule has 3 nitrogen and oxygen atoms in total. The first-order valence-electron chi connectivity index (χ1n) is 5.24. The average Bonchev–Trinajstić information content (AvgIpc) is 2.65. The maximum atomic E-state index is 13.3. The second-order valence-corrected chi connectivity index (χ2v) is 4.87. The Morgan fingerprint density at radius 3 is 3.00 bits per heavy atom. The highest BCUT2D eigenvalue weighted by Gasteiger charge is 2.12. The Hall–Kier alpha value is -1.01. The minimum absolute atomic E-state index is 0.292. The van der Waals surface area contributed by atoms with Gasteiger partial charge >= 0.3 is 0 Å². The van der Waals surface area contributed by atoms with Crippen molar-refractivity contribution in [2.24, 2.45) is 0 Å². The largest absolute Gasteiger partial charge is 0.300 e. The van der Waals surface area contributed by atoms with Crippen molar-refractivity contribution in [2.75, 3.05) is 0 Å². The van der Waals surface area contributed by atoms with Crippen LogP contribution >= 0.6 is 28.1 Å². The summed E-state index contributed by atoms with van der Waals surface area (Å²) in [5.74, 6) is 0.364. The lowest BCUT2D eigenvalue weighted by molar-refractivity contribution is 0.627. The molecule has 17 heavy (non-hydrogen) atoms. The summed E-state index contributed by atoms with van der Waals surface area (Å²) in [5.41, 5.74) is 0.700. The lowest BCUT2D eigenvalue weighted by Crippen LogP contribution is -2.00. The summed E-state index contributed by atoms with van der Waals surface area (Å²) < 4.78 is 16.5. The number of benzene rings is 1. The van der Waals surface area contributed by atoms with Crippen LogP contribution in [0.5, 0.6) is 0 Å². The highest BCUT2D eigenvalue weighted by Crippen LogP contribution is 2.27. The zero-order valence-electron chi connectivity index (χ0n) is 9.20. The van der Waals surface area contributed by atoms with Crippen molar-refractivity contribution >= 4 is 28.1 Å². The van der Waals surface area contributed by atoms with Crippen molar-refractivity contribution in [3.05, 3.63) is 33.3 Å². The number of nitrogens with zero attached hydrogens (tertiary/aromatic N) is 2. The van der Waals surface area contributed by atoms with Crippen molar-refractivity contribution in [3.63, 3.8) is 0 Å². The van der Waals surface area contributed by atoms with Crippen LogP contribution in [0.15, 0.2) is 22.7 Å². The smallest absolute Gasteiger partial charge is 0.195 e. The number of nitrogens with one attached hydrogen (secondary N) is 1. The molecule has 6 heteroatoms. The Balaban J connectivity index is 2.60. The standard InChI is InChI=1S/C11H11BrFN3S/c1-2-5-16-10(14-15-11(16)17)8-6-7(13)3-4-9(8)12/h3-4,6H,2,5H2,1H3,(H,15,17). The fraction of sp³-hybridized carbons (Fsp3) is 0.273. The van der Waals surface area contributed by atoms with E-state index in [0.29, 0.717) is 16.2 Å². The number of hydrogen-bond donors (Lipinski definition) is 1. The molecular weight excluding hydrogens is 305 g/mol. The molecule has 0 saturated carbocycles. The highest BCUT2D eigenvalue weighted by molar-refractivity contribution is 9.10. The van der Waals surface area contributed by atoms with Crippen LogP contribution in [0.1, 0.15) is 13.3 Å². The monoisotopic (exact) mass is 315 g/mol. The molecule has 0 fully saturated rings. The summed E-state index contributed by atoms with van der Waals surface area (Å²) in [5, 5.41) is 6.90. The van der Waals surface area contributed by atoms with Crippen molar-refractivity contribution in [1.29, 1.82) is 0 Å². The molecule has 1 heterocycles. The molecule has 0 radical (unpaired) electrons. The van der Waals surface area contributed by atoms with Gasteiger partial charge in [0.1, 0.15) is 5.82 Å². The summed E-state index contributed by atoms with van der Waals surface area (Å²) >= 11 is 8.54. The third-order valence-corrected chi connectivity index (χ3v) is 3.38. The molecule has 0 aliphatic heterocycles. The maximum absolute atomic E-state index is 13.3. The molecule has 0 aliphatic carbocycles. The van der Waals surface area contributed by atoms with Gasteiger partial charge in [0.25, 0.3) is 0 Å². The van der Waals surface area contributed by atoms with E-state index < -0.39 is 0 Å². The van der Waals surface area contributed by atoms with E-state index in [1.165, 1.54) is 12.1 Å². The van der Waals surface area contributed by atoms with E-state index in [2.05, 4.69) is 33.1 Å². The van der Waals surface area contributed by atoms with E-state index in [4.69, 9.17) is 12.2 Å². The normalized spacial score (nSPS) is 10.8. The van der Waals surface area contributed by atoms with E-state index >= 15 is 0 Å². The van der Waals surface area contributed by atoms with Crippen LogP contribution in [-0.4, -0.2) is 14.8 Å². The van der Waals surface area contributed by atoms with Crippen molar-refractivity contribution in [3.8, 4) is 11.4 Å². The Bertz CT molecular complexity index is 591. The Morgan fingerprint density at radius 1 is 1.53 bits per heavy atom. The van der Waals surface area contributed by atoms with Crippen LogP contribution < -0.4 is 0 Å². The molecule has 0 aliphatic rings. The summed E-state index contributed by atoms with van der Waals surface area (Å²) in [7, 11) is 0. The number of aromatic amines is 1. The van der Waals surface area contributed by atoms with Crippen LogP contribution in [0.4, 0.5) is 4.39 Å². The van der Waals surface area contributed by atoms with Crippen molar-refractivity contribution in [2.45, 2.75) is 19.9 Å². The first-order valence-corrected chi connectivity index (χ1v) is 6.44. The number of halogens is 2. The Labute approximate surface area is 112 Å². The number of aromatic nitrogens is 3. The van der Waals surface area contributed by atoms with Crippen LogP contribution in [0, 0.1) is 10.6 Å². The van der Waals surface area contributed by atoms with Crippen molar-refractivity contribution < 1.29 is 4.39 Å². The van der Waals surface area contributed by atoms with Gasteiger partial charge < -0.3 is 4.57 Å². The quantitative estimate of drug-likeness (QED) is 0.871. The molecule has 0 spiro atoms. The van der Waals surface area contributed by atoms with Gasteiger partial charge in [-0.15, -0.1) is 0 Å². The summed E-state index contributed by atoms with van der Waals surface area (Å²) in [6.45, 7) is 2.81. The SMILES string of the molecule is CCCn1c(-c2cc(F)ccc2Br)n[nH]c1=S. The van der Waals surface area contributed by atoms with E-state index in [9.17, 15) is 4.39 Å². The molecule has 2 rings (SSSR count). The first-order chi connectivity index (χ1) is 8.13. The van der Waals surface area contributed by atoms with Gasteiger partial charge in [-0.25, -0.2) is 4.39 Å². The van der Waals surface area contributed by atoms with E-state index in [1.807, 2.05) is 4.57 Å². The fourth-order valence-corrected chi connectivity index (χ4v) is 2.27. The predicted octanol–water partition coefficient (Wildman–Crippen LogP) is 3.92. The van der Waals surface area contributed by atoms with Gasteiger partial charge in [-0.3, -0.25) is 5.10 Å². The van der Waals surface area contributed by atoms with Crippen LogP contribution in [0.2, 0.25) is 0 Å². The number of H-pyrrole nitrogens is 1. The first kappa shape index (κ1) is 12.4. The van der Waals surface area contributed by atoms with Gasteiger partial charge in [0.2, 0.25) is 0 Å². The average molecular weight is 316 g/mol. The molecule has 2 aromatic rings. The summed E-state index contributed by atoms with van der Waals surface area (Å²) in [6.07, 6.45) is 0.938. The number of rotatable bonds is 3. The third kappa shape index (κ3) is 2.47. The zero-order valence-corrected chi connectivity index (χ0v) is 11.6. The van der Waals surface area contributed by atoms with E-state index in [1.54, 1.807) is 6.07 Å². The fourth-order valence-electron chi connectivity index (χ4n) is 1.62. The predicted molar refractivity (Wildman–Crippen MR) is 70.8 cm³/mol. The molecular formula is C11H11BrFN3S. The van der Waals surface area contributed by atoms with Gasteiger partial charge in [0.15, 0.2) is 10.6 Å². The van der Waals surface area contributed by atoms with E-state index in [0.717, 1.165) is 17.4 Å². The molecule has 90 valence electrons. The minimum atomic E-state index is -0.292. The molecule has 0 unspecified atom stereocenters. The molecule has 1 aromatic carbocycles. The summed E-state index contributed by atoms with van der Waals surface area (Å²) in [6, 6.07) is 4.51. The highest BCUT2D eigenvalue weighted by atomic mass is 79.9. The van der Waals surface area contributed by atoms with Crippen molar-refractivity contribution in [1.82, 2.24) is 14.8 Å². The van der Waals surface area contributed by atoms with Gasteiger partial charge in [-0.2, -0.15) is 5.10 Å². The topological polar surface area (TPSA) is 33.6 Å². The Kier molecular flexibility index (Phi) is 3.73. The Morgan fingerprint density at radius 2 is 2.29 bits per heavy atom. The lowest BCUT2D eigenvalue weighted by atomic mass is 10.2. The lowest BCUT2D eigenvalue weighted by Gasteiger charge is -2.06. The van der Waals surface area contributed by atoms with Gasteiger partial charge in [-0.1, -0.05) is 22.9 Å². The minimum Gasteiger partial charge on any atom is -0.300 e. The maximum Gasteiger partial charge on any atom is 0.195 e. The molecule has 1 aromatic heterocycles. The van der Waals surface area contributed by atoms with Gasteiger partial charge in [-0.05, 0) is 36.8 Å². The molecule has 0 amide bonds. The van der Waals surface area contributed by atoms with Crippen LogP contribution in [0.25, 0.3) is 11.4 Å². The van der Waals surface area contributed by atoms with Crippen LogP contribution in [0.3, 0.4) is 0 Å². The van der Waals surface area contributed by atoms with Gasteiger partial charge in [0, 0.05) is 16.6 Å². The second-order valence-electron chi connectivity index (χ2n) is 3.63. The second kappa shape index (κ2) is 5.10. The molecule has 0 atom stereocenters. The van der Waals surface area contributed by atoms with Gasteiger partial charge in [0.05, 0.1) is 0 Å². The zero-order chi connectivity index (χ0) is 12.4. The molecule has 0 bridgehead atoms. The van der Waals surface area contributed by atoms with Crippen LogP contribution in [-0.2, 0) is 6.54 Å². The van der Waals surface area contributed by atoms with E-state index in [-0.39, 0.29) is 5.82 Å².